The van der Waals surface area contributed by atoms with E-state index in [0.717, 1.165) is 35.4 Å². The molecule has 1 saturated carbocycles. The first-order chi connectivity index (χ1) is 18.7. The molecule has 0 bridgehead atoms. The lowest BCUT2D eigenvalue weighted by atomic mass is 9.86. The average Bonchev–Trinajstić information content (AvgIpc) is 3.64. The van der Waals surface area contributed by atoms with Crippen LogP contribution in [0.4, 0.5) is 11.4 Å². The van der Waals surface area contributed by atoms with Crippen LogP contribution in [0.15, 0.2) is 65.2 Å². The zero-order valence-electron chi connectivity index (χ0n) is 21.2. The predicted molar refractivity (Wildman–Crippen MR) is 148 cm³/mol. The highest BCUT2D eigenvalue weighted by molar-refractivity contribution is 6.39. The molecule has 1 aromatic heterocycles. The Labute approximate surface area is 234 Å². The van der Waals surface area contributed by atoms with Gasteiger partial charge in [0.1, 0.15) is 23.8 Å². The van der Waals surface area contributed by atoms with E-state index in [2.05, 4.69) is 5.16 Å². The van der Waals surface area contributed by atoms with Crippen molar-refractivity contribution in [2.75, 3.05) is 4.90 Å². The van der Waals surface area contributed by atoms with E-state index in [1.165, 1.54) is 12.1 Å². The second-order valence-corrected chi connectivity index (χ2v) is 11.1. The monoisotopic (exact) mass is 562 g/mol. The van der Waals surface area contributed by atoms with Gasteiger partial charge in [0.05, 0.1) is 32.3 Å². The molecular formula is C30H24Cl2N2O5. The molecule has 1 aliphatic carbocycles. The lowest BCUT2D eigenvalue weighted by Gasteiger charge is -2.20. The molecule has 0 spiro atoms. The summed E-state index contributed by atoms with van der Waals surface area (Å²) in [6.45, 7) is 3.93. The third kappa shape index (κ3) is 4.36. The van der Waals surface area contributed by atoms with Gasteiger partial charge in [-0.15, -0.1) is 0 Å². The summed E-state index contributed by atoms with van der Waals surface area (Å²) in [6.07, 6.45) is 2.05. The Morgan fingerprint density at radius 2 is 1.79 bits per heavy atom. The van der Waals surface area contributed by atoms with Crippen LogP contribution >= 0.6 is 23.2 Å². The molecule has 1 aliphatic heterocycles. The van der Waals surface area contributed by atoms with Crippen molar-refractivity contribution in [3.05, 3.63) is 93.2 Å². The molecule has 6 rings (SSSR count). The first-order valence-corrected chi connectivity index (χ1v) is 13.3. The number of fused-ring (bicyclic) bond motifs is 1. The van der Waals surface area contributed by atoms with Crippen LogP contribution in [0.5, 0.6) is 5.75 Å². The molecular weight excluding hydrogens is 539 g/mol. The Morgan fingerprint density at radius 1 is 1.10 bits per heavy atom. The van der Waals surface area contributed by atoms with E-state index < -0.39 is 11.4 Å². The zero-order valence-corrected chi connectivity index (χ0v) is 22.7. The smallest absolute Gasteiger partial charge is 0.335 e. The van der Waals surface area contributed by atoms with Gasteiger partial charge in [-0.2, -0.15) is 0 Å². The summed E-state index contributed by atoms with van der Waals surface area (Å²) in [5.41, 5.74) is 3.48. The third-order valence-electron chi connectivity index (χ3n) is 7.34. The molecule has 39 heavy (non-hydrogen) atoms. The van der Waals surface area contributed by atoms with Crippen molar-refractivity contribution in [1.29, 1.82) is 0 Å². The maximum absolute atomic E-state index is 13.5. The van der Waals surface area contributed by atoms with Gasteiger partial charge in [-0.1, -0.05) is 34.4 Å². The van der Waals surface area contributed by atoms with Gasteiger partial charge in [0.2, 0.25) is 5.91 Å². The Bertz CT molecular complexity index is 1600. The summed E-state index contributed by atoms with van der Waals surface area (Å²) in [4.78, 5) is 26.4. The lowest BCUT2D eigenvalue weighted by Crippen LogP contribution is -2.33. The fourth-order valence-electron chi connectivity index (χ4n) is 5.02. The van der Waals surface area contributed by atoms with E-state index in [1.54, 1.807) is 35.2 Å². The van der Waals surface area contributed by atoms with E-state index in [9.17, 15) is 14.7 Å². The lowest BCUT2D eigenvalue weighted by molar-refractivity contribution is -0.121. The van der Waals surface area contributed by atoms with Crippen molar-refractivity contribution >= 4 is 46.5 Å². The van der Waals surface area contributed by atoms with Crippen LogP contribution in [0.1, 0.15) is 59.9 Å². The largest absolute Gasteiger partial charge is 0.489 e. The maximum atomic E-state index is 13.5. The number of carbonyl (C=O) groups excluding carboxylic acids is 1. The first-order valence-electron chi connectivity index (χ1n) is 12.5. The van der Waals surface area contributed by atoms with Crippen molar-refractivity contribution in [3.8, 4) is 17.0 Å². The standard InChI is InChI=1S/C30H24Cl2N2O5/c1-30(2)21-14-19(12-13-24(21)34(29(30)37)18-10-8-17(9-11-18)28(35)36)38-15-20-26(33-39-27(20)16-6-7-16)25-22(31)4-3-5-23(25)32/h3-5,8-14,16H,6-7,15H2,1-2H3,(H,35,36). The number of halogens is 2. The molecule has 2 aliphatic rings. The summed E-state index contributed by atoms with van der Waals surface area (Å²) in [5.74, 6) is 0.548. The van der Waals surface area contributed by atoms with E-state index in [-0.39, 0.29) is 18.1 Å². The number of hydrogen-bond donors (Lipinski definition) is 1. The first kappa shape index (κ1) is 25.5. The van der Waals surface area contributed by atoms with Crippen LogP contribution in [-0.4, -0.2) is 22.1 Å². The number of rotatable bonds is 7. The molecule has 3 aromatic carbocycles. The van der Waals surface area contributed by atoms with E-state index in [4.69, 9.17) is 32.5 Å². The average molecular weight is 563 g/mol. The van der Waals surface area contributed by atoms with Crippen LogP contribution in [0.2, 0.25) is 10.0 Å². The minimum absolute atomic E-state index is 0.108. The summed E-state index contributed by atoms with van der Waals surface area (Å²) >= 11 is 13.0. The highest BCUT2D eigenvalue weighted by atomic mass is 35.5. The molecule has 2 heterocycles. The van der Waals surface area contributed by atoms with Crippen molar-refractivity contribution in [1.82, 2.24) is 5.16 Å². The minimum Gasteiger partial charge on any atom is -0.489 e. The Kier molecular flexibility index (Phi) is 6.16. The SMILES string of the molecule is CC1(C)C(=O)N(c2ccc(C(=O)O)cc2)c2ccc(OCc3c(-c4c(Cl)cccc4Cl)noc3C3CC3)cc21. The summed E-state index contributed by atoms with van der Waals surface area (Å²) in [7, 11) is 0. The fraction of sp³-hybridized carbons (Fsp3) is 0.233. The van der Waals surface area contributed by atoms with Gasteiger partial charge < -0.3 is 14.4 Å². The Morgan fingerprint density at radius 3 is 2.44 bits per heavy atom. The number of amides is 1. The molecule has 0 unspecified atom stereocenters. The number of anilines is 2. The quantitative estimate of drug-likeness (QED) is 0.247. The number of nitrogens with zero attached hydrogens (tertiary/aromatic N) is 2. The molecule has 7 nitrogen and oxygen atoms in total. The molecule has 1 fully saturated rings. The molecule has 0 atom stereocenters. The summed E-state index contributed by atoms with van der Waals surface area (Å²) < 4.78 is 12.0. The summed E-state index contributed by atoms with van der Waals surface area (Å²) in [5, 5.41) is 14.5. The van der Waals surface area contributed by atoms with Gasteiger partial charge in [0.15, 0.2) is 0 Å². The van der Waals surface area contributed by atoms with E-state index >= 15 is 0 Å². The van der Waals surface area contributed by atoms with Crippen LogP contribution in [-0.2, 0) is 16.8 Å². The van der Waals surface area contributed by atoms with Gasteiger partial charge in [-0.25, -0.2) is 4.79 Å². The fourth-order valence-corrected chi connectivity index (χ4v) is 5.59. The minimum atomic E-state index is -1.02. The Hall–Kier alpha value is -3.81. The molecule has 9 heteroatoms. The topological polar surface area (TPSA) is 92.9 Å². The highest BCUT2D eigenvalue weighted by Crippen LogP contribution is 2.48. The van der Waals surface area contributed by atoms with Crippen LogP contribution < -0.4 is 9.64 Å². The molecule has 1 N–H and O–H groups in total. The van der Waals surface area contributed by atoms with Gasteiger partial charge >= 0.3 is 5.97 Å². The normalized spacial score (nSPS) is 15.9. The number of carboxylic acid groups (broad SMARTS) is 1. The maximum Gasteiger partial charge on any atom is 0.335 e. The van der Waals surface area contributed by atoms with E-state index in [0.29, 0.717) is 38.7 Å². The molecule has 198 valence electrons. The molecule has 1 amide bonds. The molecule has 0 radical (unpaired) electrons. The van der Waals surface area contributed by atoms with Crippen molar-refractivity contribution in [3.63, 3.8) is 0 Å². The van der Waals surface area contributed by atoms with Gasteiger partial charge in [0, 0.05) is 17.2 Å². The second-order valence-electron chi connectivity index (χ2n) is 10.3. The molecule has 4 aromatic rings. The van der Waals surface area contributed by atoms with Gasteiger partial charge in [-0.05, 0) is 86.8 Å². The number of carbonyl (C=O) groups is 2. The zero-order chi connectivity index (χ0) is 27.5. The van der Waals surface area contributed by atoms with Crippen molar-refractivity contribution in [2.45, 2.75) is 44.6 Å². The van der Waals surface area contributed by atoms with Crippen molar-refractivity contribution < 1.29 is 24.0 Å². The number of benzene rings is 3. The Balaban J connectivity index is 1.32. The number of carboxylic acids is 1. The van der Waals surface area contributed by atoms with Crippen LogP contribution in [0.3, 0.4) is 0 Å². The number of ether oxygens (including phenoxy) is 1. The van der Waals surface area contributed by atoms with Crippen LogP contribution in [0, 0.1) is 0 Å². The number of aromatic carboxylic acids is 1. The number of hydrogen-bond acceptors (Lipinski definition) is 5. The van der Waals surface area contributed by atoms with Crippen LogP contribution in [0.25, 0.3) is 11.3 Å². The summed E-state index contributed by atoms with van der Waals surface area (Å²) in [6, 6.07) is 17.1. The highest BCUT2D eigenvalue weighted by Gasteiger charge is 2.45. The van der Waals surface area contributed by atoms with Gasteiger partial charge in [-0.3, -0.25) is 9.69 Å². The second kappa shape index (κ2) is 9.43. The predicted octanol–water partition coefficient (Wildman–Crippen LogP) is 7.76. The third-order valence-corrected chi connectivity index (χ3v) is 7.97. The molecule has 0 saturated heterocycles. The van der Waals surface area contributed by atoms with Crippen molar-refractivity contribution in [2.24, 2.45) is 0 Å². The van der Waals surface area contributed by atoms with E-state index in [1.807, 2.05) is 32.0 Å². The van der Waals surface area contributed by atoms with Gasteiger partial charge in [0.25, 0.3) is 0 Å². The number of aromatic nitrogens is 1.